The predicted molar refractivity (Wildman–Crippen MR) is 96.8 cm³/mol. The monoisotopic (exact) mass is 371 g/mol. The van der Waals surface area contributed by atoms with E-state index in [1.54, 1.807) is 30.7 Å². The minimum Gasteiger partial charge on any atom is -0.355 e. The molecule has 2 aliphatic heterocycles. The van der Waals surface area contributed by atoms with Gasteiger partial charge in [-0.15, -0.1) is 0 Å². The number of carbonyl (C=O) groups excluding carboxylic acids is 2. The van der Waals surface area contributed by atoms with E-state index >= 15 is 0 Å². The molecular formula is C18H18ClN5O2. The number of piperidine rings is 1. The van der Waals surface area contributed by atoms with Crippen LogP contribution in [0.1, 0.15) is 18.4 Å². The van der Waals surface area contributed by atoms with Crippen LogP contribution in [0.5, 0.6) is 0 Å². The van der Waals surface area contributed by atoms with Gasteiger partial charge < -0.3 is 10.2 Å². The number of anilines is 1. The number of imide groups is 1. The van der Waals surface area contributed by atoms with Crippen molar-refractivity contribution in [3.05, 3.63) is 53.4 Å². The number of amides is 3. The van der Waals surface area contributed by atoms with Gasteiger partial charge in [-0.2, -0.15) is 0 Å². The zero-order valence-corrected chi connectivity index (χ0v) is 14.7. The number of nitrogens with one attached hydrogen (secondary N) is 2. The highest BCUT2D eigenvalue weighted by atomic mass is 35.5. The molecule has 2 fully saturated rings. The molecule has 1 atom stereocenters. The summed E-state index contributed by atoms with van der Waals surface area (Å²) >= 11 is 6.25. The lowest BCUT2D eigenvalue weighted by Gasteiger charge is -2.41. The van der Waals surface area contributed by atoms with E-state index in [0.29, 0.717) is 23.7 Å². The van der Waals surface area contributed by atoms with E-state index in [0.717, 1.165) is 18.7 Å². The van der Waals surface area contributed by atoms with Crippen LogP contribution in [0.3, 0.4) is 0 Å². The zero-order valence-electron chi connectivity index (χ0n) is 14.0. The molecule has 26 heavy (non-hydrogen) atoms. The number of rotatable bonds is 3. The summed E-state index contributed by atoms with van der Waals surface area (Å²) < 4.78 is 0. The Kier molecular flexibility index (Phi) is 4.24. The second-order valence-electron chi connectivity index (χ2n) is 6.53. The van der Waals surface area contributed by atoms with Crippen molar-refractivity contribution in [3.63, 3.8) is 0 Å². The topological polar surface area (TPSA) is 87.2 Å². The van der Waals surface area contributed by atoms with Gasteiger partial charge in [-0.1, -0.05) is 17.7 Å². The molecule has 0 aromatic carbocycles. The highest BCUT2D eigenvalue weighted by Crippen LogP contribution is 2.39. The van der Waals surface area contributed by atoms with Crippen molar-refractivity contribution in [3.8, 4) is 0 Å². The van der Waals surface area contributed by atoms with Gasteiger partial charge in [-0.25, -0.2) is 9.78 Å². The molecular weight excluding hydrogens is 354 g/mol. The van der Waals surface area contributed by atoms with Crippen LogP contribution in [0.2, 0.25) is 5.02 Å². The number of hydrogen-bond acceptors (Lipinski definition) is 5. The van der Waals surface area contributed by atoms with Crippen LogP contribution in [-0.2, 0) is 10.3 Å². The molecule has 4 rings (SSSR count). The van der Waals surface area contributed by atoms with Crippen molar-refractivity contribution in [2.75, 3.05) is 18.0 Å². The molecule has 0 bridgehead atoms. The minimum atomic E-state index is -1.08. The van der Waals surface area contributed by atoms with E-state index in [4.69, 9.17) is 11.6 Å². The highest BCUT2D eigenvalue weighted by Gasteiger charge is 2.53. The van der Waals surface area contributed by atoms with Crippen LogP contribution in [-0.4, -0.2) is 35.0 Å². The van der Waals surface area contributed by atoms with Crippen LogP contribution in [0.4, 0.5) is 10.6 Å². The molecule has 2 N–H and O–H groups in total. The molecule has 0 saturated carbocycles. The van der Waals surface area contributed by atoms with Crippen molar-refractivity contribution in [1.29, 1.82) is 0 Å². The molecule has 2 aromatic heterocycles. The third-order valence-electron chi connectivity index (χ3n) is 5.16. The lowest BCUT2D eigenvalue weighted by atomic mass is 9.73. The Hall–Kier alpha value is -2.67. The molecule has 0 aliphatic carbocycles. The van der Waals surface area contributed by atoms with E-state index in [1.165, 1.54) is 0 Å². The van der Waals surface area contributed by atoms with Gasteiger partial charge in [-0.05, 0) is 37.0 Å². The Morgan fingerprint density at radius 1 is 1.15 bits per heavy atom. The van der Waals surface area contributed by atoms with Crippen LogP contribution >= 0.6 is 11.6 Å². The number of carbonyl (C=O) groups is 2. The van der Waals surface area contributed by atoms with Crippen LogP contribution < -0.4 is 15.5 Å². The highest BCUT2D eigenvalue weighted by molar-refractivity contribution is 6.32. The van der Waals surface area contributed by atoms with Gasteiger partial charge in [-0.3, -0.25) is 15.1 Å². The average molecular weight is 372 g/mol. The number of nitrogens with zero attached hydrogens (tertiary/aromatic N) is 3. The minimum absolute atomic E-state index is 0.0445. The fraction of sp³-hybridized carbons (Fsp3) is 0.333. The fourth-order valence-corrected chi connectivity index (χ4v) is 4.17. The molecule has 8 heteroatoms. The Balaban J connectivity index is 1.61. The number of hydrogen-bond donors (Lipinski definition) is 2. The lowest BCUT2D eigenvalue weighted by molar-refractivity contribution is -0.126. The maximum absolute atomic E-state index is 12.7. The second-order valence-corrected chi connectivity index (χ2v) is 6.94. The lowest BCUT2D eigenvalue weighted by Crippen LogP contribution is -2.53. The molecule has 7 nitrogen and oxygen atoms in total. The predicted octanol–water partition coefficient (Wildman–Crippen LogP) is 2.08. The fourth-order valence-electron chi connectivity index (χ4n) is 3.93. The molecule has 0 radical (unpaired) electrons. The number of urea groups is 1. The van der Waals surface area contributed by atoms with Crippen molar-refractivity contribution in [2.45, 2.75) is 18.4 Å². The Bertz CT molecular complexity index is 838. The van der Waals surface area contributed by atoms with E-state index in [2.05, 4.69) is 25.5 Å². The number of halogens is 1. The molecule has 2 aromatic rings. The van der Waals surface area contributed by atoms with Crippen molar-refractivity contribution >= 4 is 29.4 Å². The van der Waals surface area contributed by atoms with E-state index in [-0.39, 0.29) is 11.8 Å². The average Bonchev–Trinajstić information content (AvgIpc) is 2.98. The van der Waals surface area contributed by atoms with Gasteiger partial charge >= 0.3 is 6.03 Å². The van der Waals surface area contributed by atoms with Gasteiger partial charge in [0.25, 0.3) is 5.91 Å². The Morgan fingerprint density at radius 2 is 1.92 bits per heavy atom. The summed E-state index contributed by atoms with van der Waals surface area (Å²) in [5.74, 6) is 0.393. The largest absolute Gasteiger partial charge is 0.355 e. The van der Waals surface area contributed by atoms with Crippen molar-refractivity contribution in [2.24, 2.45) is 5.92 Å². The van der Waals surface area contributed by atoms with Crippen molar-refractivity contribution < 1.29 is 9.59 Å². The molecule has 2 saturated heterocycles. The molecule has 4 heterocycles. The molecule has 3 amide bonds. The summed E-state index contributed by atoms with van der Waals surface area (Å²) in [6.07, 6.45) is 6.45. The number of aromatic nitrogens is 2. The van der Waals surface area contributed by atoms with Crippen LogP contribution in [0, 0.1) is 5.92 Å². The van der Waals surface area contributed by atoms with Gasteiger partial charge in [0, 0.05) is 37.2 Å². The maximum atomic E-state index is 12.7. The SMILES string of the molecule is O=C1NC(=O)C(c2cccnc2)(C2CCN(c3ncccc3Cl)CC2)N1. The first-order chi connectivity index (χ1) is 12.6. The summed E-state index contributed by atoms with van der Waals surface area (Å²) in [6, 6.07) is 6.76. The quantitative estimate of drug-likeness (QED) is 0.806. The zero-order chi connectivity index (χ0) is 18.1. The van der Waals surface area contributed by atoms with E-state index in [1.807, 2.05) is 12.1 Å². The normalized spacial score (nSPS) is 23.7. The Labute approximate surface area is 155 Å². The van der Waals surface area contributed by atoms with Gasteiger partial charge in [0.2, 0.25) is 0 Å². The third-order valence-corrected chi connectivity index (χ3v) is 5.45. The Morgan fingerprint density at radius 3 is 2.54 bits per heavy atom. The molecule has 134 valence electrons. The summed E-state index contributed by atoms with van der Waals surface area (Å²) in [5.41, 5.74) is -0.372. The van der Waals surface area contributed by atoms with E-state index in [9.17, 15) is 9.59 Å². The third kappa shape index (κ3) is 2.68. The number of pyridine rings is 2. The first-order valence-corrected chi connectivity index (χ1v) is 8.88. The maximum Gasteiger partial charge on any atom is 0.322 e. The molecule has 2 aliphatic rings. The second kappa shape index (κ2) is 6.57. The standard InChI is InChI=1S/C18H18ClN5O2/c19-14-4-2-8-21-15(14)24-9-5-12(6-10-24)18(13-3-1-7-20-11-13)16(25)22-17(26)23-18/h1-4,7-8,11-12H,5-6,9-10H2,(H2,22,23,25,26). The first-order valence-electron chi connectivity index (χ1n) is 8.51. The van der Waals surface area contributed by atoms with Crippen molar-refractivity contribution in [1.82, 2.24) is 20.6 Å². The summed E-state index contributed by atoms with van der Waals surface area (Å²) in [6.45, 7) is 1.40. The molecule has 0 spiro atoms. The van der Waals surface area contributed by atoms with E-state index < -0.39 is 11.6 Å². The van der Waals surface area contributed by atoms with Gasteiger partial charge in [0.15, 0.2) is 5.54 Å². The smallest absolute Gasteiger partial charge is 0.322 e. The summed E-state index contributed by atoms with van der Waals surface area (Å²) in [5, 5.41) is 5.87. The van der Waals surface area contributed by atoms with Gasteiger partial charge in [0.1, 0.15) is 5.82 Å². The summed E-state index contributed by atoms with van der Waals surface area (Å²) in [4.78, 5) is 35.3. The first kappa shape index (κ1) is 16.8. The molecule has 1 unspecified atom stereocenters. The van der Waals surface area contributed by atoms with Crippen LogP contribution in [0.25, 0.3) is 0 Å². The summed E-state index contributed by atoms with van der Waals surface area (Å²) in [7, 11) is 0. The van der Waals surface area contributed by atoms with Crippen LogP contribution in [0.15, 0.2) is 42.9 Å². The van der Waals surface area contributed by atoms with Gasteiger partial charge in [0.05, 0.1) is 5.02 Å².